The lowest BCUT2D eigenvalue weighted by Gasteiger charge is -2.24. The molecule has 3 N–H and O–H groups in total. The van der Waals surface area contributed by atoms with E-state index >= 15 is 0 Å². The zero-order chi connectivity index (χ0) is 38.2. The van der Waals surface area contributed by atoms with Crippen molar-refractivity contribution in [1.82, 2.24) is 5.32 Å². The van der Waals surface area contributed by atoms with Crippen molar-refractivity contribution in [2.75, 3.05) is 6.61 Å². The zero-order valence-electron chi connectivity index (χ0n) is 33.4. The molecule has 0 aromatic rings. The molecule has 0 aromatic heterocycles. The number of allylic oxidation sites excluding steroid dienone is 13. The Morgan fingerprint density at radius 3 is 1.71 bits per heavy atom. The highest BCUT2D eigenvalue weighted by Crippen LogP contribution is 2.14. The van der Waals surface area contributed by atoms with Crippen molar-refractivity contribution in [3.8, 4) is 0 Å². The largest absolute Gasteiger partial charge is 0.461 e. The Hall–Kier alpha value is -2.96. The fourth-order valence-corrected chi connectivity index (χ4v) is 5.68. The van der Waals surface area contributed by atoms with Crippen LogP contribution in [0.4, 0.5) is 0 Å². The minimum Gasteiger partial charge on any atom is -0.461 e. The third kappa shape index (κ3) is 34.1. The summed E-state index contributed by atoms with van der Waals surface area (Å²) in [7, 11) is 0. The summed E-state index contributed by atoms with van der Waals surface area (Å²) in [5.74, 6) is -0.702. The van der Waals surface area contributed by atoms with Gasteiger partial charge in [0.2, 0.25) is 5.91 Å². The van der Waals surface area contributed by atoms with E-state index in [1.807, 2.05) is 60.8 Å². The van der Waals surface area contributed by atoms with Gasteiger partial charge in [-0.2, -0.15) is 0 Å². The van der Waals surface area contributed by atoms with Gasteiger partial charge in [0.05, 0.1) is 25.2 Å². The van der Waals surface area contributed by atoms with Crippen LogP contribution in [0.2, 0.25) is 0 Å². The number of amides is 1. The Balaban J connectivity index is 4.88. The minimum atomic E-state index is -0.827. The second-order valence-electron chi connectivity index (χ2n) is 13.8. The van der Waals surface area contributed by atoms with Gasteiger partial charge in [-0.05, 0) is 38.5 Å². The number of hydrogen-bond donors (Lipinski definition) is 3. The van der Waals surface area contributed by atoms with Gasteiger partial charge in [0.1, 0.15) is 6.10 Å². The first-order valence-corrected chi connectivity index (χ1v) is 20.9. The number of carbonyl (C=O) groups excluding carboxylic acids is 2. The Kier molecular flexibility index (Phi) is 37.0. The highest BCUT2D eigenvalue weighted by Gasteiger charge is 2.23. The van der Waals surface area contributed by atoms with Crippen LogP contribution >= 0.6 is 0 Å². The molecule has 0 radical (unpaired) electrons. The lowest BCUT2D eigenvalue weighted by molar-refractivity contribution is -0.150. The highest BCUT2D eigenvalue weighted by atomic mass is 16.5. The molecule has 296 valence electrons. The number of ether oxygens (including phenoxy) is 1. The second-order valence-corrected chi connectivity index (χ2v) is 13.8. The predicted molar refractivity (Wildman–Crippen MR) is 222 cm³/mol. The van der Waals surface area contributed by atoms with Crippen molar-refractivity contribution in [3.05, 3.63) is 85.1 Å². The molecule has 1 amide bonds. The molecule has 0 bridgehead atoms. The predicted octanol–water partition coefficient (Wildman–Crippen LogP) is 11.7. The molecule has 0 aliphatic heterocycles. The number of hydrogen-bond acceptors (Lipinski definition) is 5. The summed E-state index contributed by atoms with van der Waals surface area (Å²) < 4.78 is 5.75. The third-order valence-corrected chi connectivity index (χ3v) is 8.85. The van der Waals surface area contributed by atoms with Crippen LogP contribution in [0.3, 0.4) is 0 Å². The molecule has 0 aromatic carbocycles. The van der Waals surface area contributed by atoms with Crippen LogP contribution in [-0.2, 0) is 14.3 Å². The summed E-state index contributed by atoms with van der Waals surface area (Å²) >= 11 is 0. The van der Waals surface area contributed by atoms with E-state index in [1.165, 1.54) is 77.0 Å². The standard InChI is InChI=1S/C46H77NO5/c1-4-7-10-13-16-19-21-22-24-27-30-33-36-39-46(51)52-42(37-34-31-28-26-23-20-17-14-11-8-5-2)40-45(50)47-43(41-48)44(49)38-35-32-29-25-18-15-12-9-6-3/h8,11,14,17,20,22-24,26,28,30-31,33-34,42-44,48-49H,4-7,9-10,12-13,15-16,18-19,21,25,27,29,32,35-41H2,1-3H3,(H,47,50)/b11-8+,17-14+,23-20-,24-22-,28-26-,33-30+,34-31+. The maximum atomic E-state index is 13.0. The average molecular weight is 724 g/mol. The van der Waals surface area contributed by atoms with Crippen molar-refractivity contribution in [2.45, 2.75) is 187 Å². The lowest BCUT2D eigenvalue weighted by Crippen LogP contribution is -2.46. The molecule has 3 unspecified atom stereocenters. The van der Waals surface area contributed by atoms with Gasteiger partial charge in [-0.15, -0.1) is 0 Å². The Labute approximate surface area is 319 Å². The topological polar surface area (TPSA) is 95.9 Å². The Morgan fingerprint density at radius 1 is 0.615 bits per heavy atom. The SMILES string of the molecule is CC/C=C/C=C/C=C\C=C/C=C/CC(CC(=O)NC(CO)C(O)CCCCCCCCCCC)OC(=O)CC/C=C/C/C=C\CCCCCCCC. The maximum Gasteiger partial charge on any atom is 0.306 e. The molecule has 6 nitrogen and oxygen atoms in total. The van der Waals surface area contributed by atoms with Crippen LogP contribution in [0.5, 0.6) is 0 Å². The molecular formula is C46H77NO5. The van der Waals surface area contributed by atoms with Gasteiger partial charge >= 0.3 is 5.97 Å². The van der Waals surface area contributed by atoms with Crippen LogP contribution in [-0.4, -0.2) is 46.9 Å². The molecular weight excluding hydrogens is 647 g/mol. The molecule has 0 fully saturated rings. The number of rotatable bonds is 35. The number of aliphatic hydroxyl groups excluding tert-OH is 2. The zero-order valence-corrected chi connectivity index (χ0v) is 33.4. The van der Waals surface area contributed by atoms with Crippen LogP contribution in [0, 0.1) is 0 Å². The number of unbranched alkanes of at least 4 members (excludes halogenated alkanes) is 14. The van der Waals surface area contributed by atoms with E-state index < -0.39 is 18.2 Å². The molecule has 0 saturated carbocycles. The summed E-state index contributed by atoms with van der Waals surface area (Å²) in [4.78, 5) is 25.8. The number of nitrogens with one attached hydrogen (secondary N) is 1. The van der Waals surface area contributed by atoms with Crippen LogP contribution in [0.25, 0.3) is 0 Å². The van der Waals surface area contributed by atoms with E-state index in [2.05, 4.69) is 50.4 Å². The molecule has 0 spiro atoms. The van der Waals surface area contributed by atoms with Gasteiger partial charge in [-0.25, -0.2) is 0 Å². The molecule has 0 aliphatic carbocycles. The molecule has 0 heterocycles. The highest BCUT2D eigenvalue weighted by molar-refractivity contribution is 5.77. The summed E-state index contributed by atoms with van der Waals surface area (Å²) in [5, 5.41) is 23.4. The van der Waals surface area contributed by atoms with Crippen molar-refractivity contribution < 1.29 is 24.5 Å². The maximum absolute atomic E-state index is 13.0. The van der Waals surface area contributed by atoms with Gasteiger partial charge < -0.3 is 20.3 Å². The second kappa shape index (κ2) is 39.3. The average Bonchev–Trinajstić information content (AvgIpc) is 3.13. The van der Waals surface area contributed by atoms with Gasteiger partial charge in [-0.1, -0.05) is 196 Å². The normalized spacial score (nSPS) is 14.3. The van der Waals surface area contributed by atoms with Crippen LogP contribution < -0.4 is 5.32 Å². The third-order valence-electron chi connectivity index (χ3n) is 8.85. The number of carbonyl (C=O) groups is 2. The molecule has 0 aliphatic rings. The smallest absolute Gasteiger partial charge is 0.306 e. The minimum absolute atomic E-state index is 0.0454. The quantitative estimate of drug-likeness (QED) is 0.0262. The molecule has 6 heteroatoms. The van der Waals surface area contributed by atoms with Crippen molar-refractivity contribution in [3.63, 3.8) is 0 Å². The van der Waals surface area contributed by atoms with E-state index in [1.54, 1.807) is 0 Å². The van der Waals surface area contributed by atoms with E-state index in [-0.39, 0.29) is 31.3 Å². The van der Waals surface area contributed by atoms with Gasteiger partial charge in [-0.3, -0.25) is 9.59 Å². The molecule has 0 rings (SSSR count). The van der Waals surface area contributed by atoms with Crippen LogP contribution in [0.1, 0.15) is 168 Å². The van der Waals surface area contributed by atoms with E-state index in [0.717, 1.165) is 38.5 Å². The van der Waals surface area contributed by atoms with E-state index in [9.17, 15) is 19.8 Å². The first kappa shape index (κ1) is 49.0. The van der Waals surface area contributed by atoms with Gasteiger partial charge in [0.25, 0.3) is 0 Å². The van der Waals surface area contributed by atoms with E-state index in [4.69, 9.17) is 4.74 Å². The monoisotopic (exact) mass is 724 g/mol. The van der Waals surface area contributed by atoms with Crippen LogP contribution in [0.15, 0.2) is 85.1 Å². The molecule has 52 heavy (non-hydrogen) atoms. The lowest BCUT2D eigenvalue weighted by atomic mass is 10.0. The number of aliphatic hydroxyl groups is 2. The van der Waals surface area contributed by atoms with Crippen molar-refractivity contribution in [2.24, 2.45) is 0 Å². The van der Waals surface area contributed by atoms with Crippen molar-refractivity contribution >= 4 is 11.9 Å². The molecule has 3 atom stereocenters. The Morgan fingerprint density at radius 2 is 1.13 bits per heavy atom. The fraction of sp³-hybridized carbons (Fsp3) is 0.652. The van der Waals surface area contributed by atoms with Gasteiger partial charge in [0, 0.05) is 12.8 Å². The molecule has 0 saturated heterocycles. The summed E-state index contributed by atoms with van der Waals surface area (Å²) in [5.41, 5.74) is 0. The first-order valence-electron chi connectivity index (χ1n) is 20.9. The first-order chi connectivity index (χ1) is 25.5. The Bertz CT molecular complexity index is 1040. The number of esters is 1. The van der Waals surface area contributed by atoms with E-state index in [0.29, 0.717) is 19.3 Å². The summed E-state index contributed by atoms with van der Waals surface area (Å²) in [6.07, 6.45) is 49.6. The van der Waals surface area contributed by atoms with Crippen molar-refractivity contribution in [1.29, 1.82) is 0 Å². The summed E-state index contributed by atoms with van der Waals surface area (Å²) in [6.45, 7) is 6.21. The summed E-state index contributed by atoms with van der Waals surface area (Å²) in [6, 6.07) is -0.750. The van der Waals surface area contributed by atoms with Gasteiger partial charge in [0.15, 0.2) is 0 Å². The fourth-order valence-electron chi connectivity index (χ4n) is 5.68.